The maximum Gasteiger partial charge on any atom is 0.169 e. The number of thiocarbonyl (C=S) groups is 1. The first-order valence-corrected chi connectivity index (χ1v) is 7.19. The Morgan fingerprint density at radius 1 is 1.41 bits per heavy atom. The van der Waals surface area contributed by atoms with Gasteiger partial charge in [0.2, 0.25) is 0 Å². The van der Waals surface area contributed by atoms with E-state index in [9.17, 15) is 0 Å². The van der Waals surface area contributed by atoms with Crippen molar-refractivity contribution in [1.29, 1.82) is 0 Å². The van der Waals surface area contributed by atoms with Gasteiger partial charge >= 0.3 is 0 Å². The lowest BCUT2D eigenvalue weighted by molar-refractivity contribution is 0.176. The lowest BCUT2D eigenvalue weighted by Crippen LogP contribution is -2.48. The third kappa shape index (κ3) is 3.10. The highest BCUT2D eigenvalue weighted by Crippen LogP contribution is 2.36. The molecule has 0 spiro atoms. The summed E-state index contributed by atoms with van der Waals surface area (Å²) in [6, 6.07) is 1.01. The van der Waals surface area contributed by atoms with Gasteiger partial charge in [0.15, 0.2) is 5.11 Å². The number of hydrogen-bond donors (Lipinski definition) is 1. The lowest BCUT2D eigenvalue weighted by atomic mass is 9.85. The molecule has 1 heterocycles. The van der Waals surface area contributed by atoms with Crippen LogP contribution in [0.3, 0.4) is 0 Å². The van der Waals surface area contributed by atoms with Gasteiger partial charge in [-0.2, -0.15) is 0 Å². The maximum atomic E-state index is 5.53. The molecule has 3 unspecified atom stereocenters. The highest BCUT2D eigenvalue weighted by Gasteiger charge is 2.36. The Morgan fingerprint density at radius 2 is 2.18 bits per heavy atom. The van der Waals surface area contributed by atoms with Crippen LogP contribution in [0.4, 0.5) is 0 Å². The number of fused-ring (bicyclic) bond motifs is 1. The summed E-state index contributed by atoms with van der Waals surface area (Å²) in [5, 5.41) is 4.32. The van der Waals surface area contributed by atoms with Gasteiger partial charge in [-0.15, -0.1) is 0 Å². The molecule has 1 saturated heterocycles. The topological polar surface area (TPSA) is 24.5 Å². The molecule has 3 nitrogen and oxygen atoms in total. The Kier molecular flexibility index (Phi) is 4.62. The molecule has 4 heteroatoms. The fraction of sp³-hybridized carbons (Fsp3) is 0.923. The van der Waals surface area contributed by atoms with Crippen molar-refractivity contribution in [3.8, 4) is 0 Å². The molecule has 17 heavy (non-hydrogen) atoms. The van der Waals surface area contributed by atoms with Gasteiger partial charge < -0.3 is 15.0 Å². The summed E-state index contributed by atoms with van der Waals surface area (Å²) < 4.78 is 5.13. The predicted octanol–water partition coefficient (Wildman–Crippen LogP) is 2.16. The Bertz CT molecular complexity index is 272. The minimum atomic E-state index is 0.301. The van der Waals surface area contributed by atoms with Crippen LogP contribution < -0.4 is 5.32 Å². The van der Waals surface area contributed by atoms with E-state index in [4.69, 9.17) is 17.0 Å². The minimum Gasteiger partial charge on any atom is -0.383 e. The second-order valence-corrected chi connectivity index (χ2v) is 5.79. The molecule has 2 fully saturated rings. The summed E-state index contributed by atoms with van der Waals surface area (Å²) >= 11 is 5.53. The molecule has 1 aliphatic carbocycles. The third-order valence-corrected chi connectivity index (χ3v) is 4.41. The van der Waals surface area contributed by atoms with E-state index >= 15 is 0 Å². The van der Waals surface area contributed by atoms with Crippen LogP contribution in [0, 0.1) is 5.92 Å². The van der Waals surface area contributed by atoms with Crippen LogP contribution in [0.1, 0.15) is 39.0 Å². The number of nitrogens with zero attached hydrogens (tertiary/aromatic N) is 1. The van der Waals surface area contributed by atoms with Crippen LogP contribution in [-0.2, 0) is 4.74 Å². The van der Waals surface area contributed by atoms with E-state index in [-0.39, 0.29) is 0 Å². The Hall–Kier alpha value is -0.350. The van der Waals surface area contributed by atoms with Crippen LogP contribution in [-0.4, -0.2) is 42.4 Å². The monoisotopic (exact) mass is 256 g/mol. The summed E-state index contributed by atoms with van der Waals surface area (Å²) in [5.41, 5.74) is 0. The van der Waals surface area contributed by atoms with Crippen molar-refractivity contribution in [2.24, 2.45) is 5.92 Å². The molecule has 1 saturated carbocycles. The van der Waals surface area contributed by atoms with Crippen molar-refractivity contribution in [2.45, 2.75) is 51.1 Å². The van der Waals surface area contributed by atoms with E-state index in [0.29, 0.717) is 18.7 Å². The molecule has 3 atom stereocenters. The van der Waals surface area contributed by atoms with Gasteiger partial charge in [-0.25, -0.2) is 0 Å². The molecule has 2 rings (SSSR count). The standard InChI is InChI=1S/C13H24N2OS/c1-10(9-16-2)14-13(17)15-8-7-11-5-3-4-6-12(11)15/h10-12H,3-9H2,1-2H3,(H,14,17). The van der Waals surface area contributed by atoms with Crippen molar-refractivity contribution >= 4 is 17.3 Å². The Morgan fingerprint density at radius 3 is 2.94 bits per heavy atom. The zero-order chi connectivity index (χ0) is 12.3. The van der Waals surface area contributed by atoms with Crippen molar-refractivity contribution in [3.63, 3.8) is 0 Å². The average Bonchev–Trinajstić information content (AvgIpc) is 2.72. The van der Waals surface area contributed by atoms with Crippen LogP contribution in [0.15, 0.2) is 0 Å². The molecule has 0 amide bonds. The quantitative estimate of drug-likeness (QED) is 0.782. The summed E-state index contributed by atoms with van der Waals surface area (Å²) in [7, 11) is 1.73. The van der Waals surface area contributed by atoms with Gasteiger partial charge in [0.05, 0.1) is 6.61 Å². The van der Waals surface area contributed by atoms with E-state index in [1.165, 1.54) is 32.1 Å². The molecular weight excluding hydrogens is 232 g/mol. The third-order valence-electron chi connectivity index (χ3n) is 4.06. The first-order valence-electron chi connectivity index (χ1n) is 6.78. The normalized spacial score (nSPS) is 29.9. The Labute approximate surface area is 110 Å². The van der Waals surface area contributed by atoms with Crippen molar-refractivity contribution in [3.05, 3.63) is 0 Å². The van der Waals surface area contributed by atoms with E-state index in [1.54, 1.807) is 7.11 Å². The number of likely N-dealkylation sites (tertiary alicyclic amines) is 1. The summed E-state index contributed by atoms with van der Waals surface area (Å²) in [6.45, 7) is 3.97. The number of hydrogen-bond acceptors (Lipinski definition) is 2. The van der Waals surface area contributed by atoms with Crippen LogP contribution in [0.2, 0.25) is 0 Å². The van der Waals surface area contributed by atoms with Gasteiger partial charge in [-0.3, -0.25) is 0 Å². The number of nitrogens with one attached hydrogen (secondary N) is 1. The highest BCUT2D eigenvalue weighted by molar-refractivity contribution is 7.80. The van der Waals surface area contributed by atoms with Crippen LogP contribution in [0.5, 0.6) is 0 Å². The van der Waals surface area contributed by atoms with Gasteiger partial charge in [0.25, 0.3) is 0 Å². The van der Waals surface area contributed by atoms with E-state index < -0.39 is 0 Å². The van der Waals surface area contributed by atoms with E-state index in [2.05, 4.69) is 17.1 Å². The molecule has 1 N–H and O–H groups in total. The largest absolute Gasteiger partial charge is 0.383 e. The average molecular weight is 256 g/mol. The molecule has 0 radical (unpaired) electrons. The minimum absolute atomic E-state index is 0.301. The van der Waals surface area contributed by atoms with Gasteiger partial charge in [0.1, 0.15) is 0 Å². The zero-order valence-corrected chi connectivity index (χ0v) is 11.8. The first kappa shape index (κ1) is 13.1. The van der Waals surface area contributed by atoms with Crippen LogP contribution in [0.25, 0.3) is 0 Å². The van der Waals surface area contributed by atoms with Crippen molar-refractivity contribution in [2.75, 3.05) is 20.3 Å². The molecule has 0 aromatic carbocycles. The van der Waals surface area contributed by atoms with Gasteiger partial charge in [-0.05, 0) is 44.3 Å². The van der Waals surface area contributed by atoms with E-state index in [1.807, 2.05) is 0 Å². The second kappa shape index (κ2) is 6.01. The first-order chi connectivity index (χ1) is 8.22. The molecular formula is C13H24N2OS. The molecule has 1 aliphatic heterocycles. The number of ether oxygens (including phenoxy) is 1. The zero-order valence-electron chi connectivity index (χ0n) is 10.9. The van der Waals surface area contributed by atoms with Crippen LogP contribution >= 0.6 is 12.2 Å². The predicted molar refractivity (Wildman–Crippen MR) is 74.1 cm³/mol. The maximum absolute atomic E-state index is 5.53. The van der Waals surface area contributed by atoms with Gasteiger partial charge in [0, 0.05) is 25.7 Å². The second-order valence-electron chi connectivity index (χ2n) is 5.40. The van der Waals surface area contributed by atoms with Crippen molar-refractivity contribution < 1.29 is 4.74 Å². The molecule has 98 valence electrons. The number of methoxy groups -OCH3 is 1. The van der Waals surface area contributed by atoms with Gasteiger partial charge in [-0.1, -0.05) is 12.8 Å². The molecule has 0 aromatic rings. The summed E-state index contributed by atoms with van der Waals surface area (Å²) in [6.07, 6.45) is 6.83. The number of rotatable bonds is 3. The molecule has 0 aromatic heterocycles. The van der Waals surface area contributed by atoms with E-state index in [0.717, 1.165) is 17.6 Å². The fourth-order valence-electron chi connectivity index (χ4n) is 3.24. The summed E-state index contributed by atoms with van der Waals surface area (Å²) in [4.78, 5) is 2.42. The molecule has 2 aliphatic rings. The molecule has 0 bridgehead atoms. The van der Waals surface area contributed by atoms with Crippen molar-refractivity contribution in [1.82, 2.24) is 10.2 Å². The Balaban J connectivity index is 1.87. The fourth-order valence-corrected chi connectivity index (χ4v) is 3.67. The lowest BCUT2D eigenvalue weighted by Gasteiger charge is -2.34. The smallest absolute Gasteiger partial charge is 0.169 e. The highest BCUT2D eigenvalue weighted by atomic mass is 32.1. The SMILES string of the molecule is COCC(C)NC(=S)N1CCC2CCCCC21. The summed E-state index contributed by atoms with van der Waals surface area (Å²) in [5.74, 6) is 0.890.